The van der Waals surface area contributed by atoms with Crippen LogP contribution in [0.1, 0.15) is 31.2 Å². The molecule has 0 radical (unpaired) electrons. The molecule has 3 rings (SSSR count). The second-order valence-corrected chi connectivity index (χ2v) is 4.75. The van der Waals surface area contributed by atoms with Gasteiger partial charge in [-0.2, -0.15) is 0 Å². The molecule has 0 aliphatic heterocycles. The lowest BCUT2D eigenvalue weighted by Gasteiger charge is -2.26. The van der Waals surface area contributed by atoms with Crippen LogP contribution in [0.5, 0.6) is 0 Å². The summed E-state index contributed by atoms with van der Waals surface area (Å²) in [7, 11) is 0. The number of rotatable bonds is 2. The Morgan fingerprint density at radius 2 is 1.94 bits per heavy atom. The standard InChI is InChI=1S/C14H16N2O/c15-14(7-3-4-8-14)12-6-2-1-5-11(12)13-16-9-10-17-13/h1-2,5-6,9-10H,3-4,7-8,15H2. The molecule has 0 unspecified atom stereocenters. The smallest absolute Gasteiger partial charge is 0.226 e. The van der Waals surface area contributed by atoms with E-state index in [2.05, 4.69) is 11.1 Å². The molecule has 1 aliphatic carbocycles. The van der Waals surface area contributed by atoms with E-state index in [0.29, 0.717) is 5.89 Å². The lowest BCUT2D eigenvalue weighted by molar-refractivity contribution is 0.460. The highest BCUT2D eigenvalue weighted by atomic mass is 16.3. The Kier molecular flexibility index (Phi) is 2.48. The maximum atomic E-state index is 6.52. The minimum Gasteiger partial charge on any atom is -0.445 e. The van der Waals surface area contributed by atoms with Crippen molar-refractivity contribution in [2.45, 2.75) is 31.2 Å². The topological polar surface area (TPSA) is 52.0 Å². The highest BCUT2D eigenvalue weighted by Gasteiger charge is 2.33. The van der Waals surface area contributed by atoms with Gasteiger partial charge in [0, 0.05) is 11.1 Å². The van der Waals surface area contributed by atoms with Gasteiger partial charge in [-0.05, 0) is 24.5 Å². The van der Waals surface area contributed by atoms with Gasteiger partial charge < -0.3 is 10.2 Å². The number of nitrogens with zero attached hydrogens (tertiary/aromatic N) is 1. The first kappa shape index (κ1) is 10.5. The first-order valence-corrected chi connectivity index (χ1v) is 6.08. The van der Waals surface area contributed by atoms with E-state index in [0.717, 1.165) is 18.4 Å². The van der Waals surface area contributed by atoms with Crippen molar-refractivity contribution in [1.29, 1.82) is 0 Å². The van der Waals surface area contributed by atoms with E-state index in [1.807, 2.05) is 18.2 Å². The van der Waals surface area contributed by atoms with Crippen LogP contribution in [-0.2, 0) is 5.54 Å². The fraction of sp³-hybridized carbons (Fsp3) is 0.357. The number of aromatic nitrogens is 1. The third kappa shape index (κ3) is 1.76. The van der Waals surface area contributed by atoms with Crippen LogP contribution < -0.4 is 5.73 Å². The molecular weight excluding hydrogens is 212 g/mol. The molecule has 1 fully saturated rings. The highest BCUT2D eigenvalue weighted by Crippen LogP contribution is 2.40. The van der Waals surface area contributed by atoms with E-state index in [4.69, 9.17) is 10.2 Å². The lowest BCUT2D eigenvalue weighted by atomic mass is 9.86. The van der Waals surface area contributed by atoms with Crippen LogP contribution in [0.2, 0.25) is 0 Å². The van der Waals surface area contributed by atoms with E-state index in [9.17, 15) is 0 Å². The van der Waals surface area contributed by atoms with Crippen molar-refractivity contribution in [3.63, 3.8) is 0 Å². The molecule has 3 nitrogen and oxygen atoms in total. The van der Waals surface area contributed by atoms with Crippen LogP contribution in [0.4, 0.5) is 0 Å². The van der Waals surface area contributed by atoms with Crippen LogP contribution in [0.15, 0.2) is 41.1 Å². The first-order chi connectivity index (χ1) is 8.30. The average molecular weight is 228 g/mol. The quantitative estimate of drug-likeness (QED) is 0.859. The van der Waals surface area contributed by atoms with Crippen molar-refractivity contribution < 1.29 is 4.42 Å². The summed E-state index contributed by atoms with van der Waals surface area (Å²) in [5, 5.41) is 0. The fourth-order valence-electron chi connectivity index (χ4n) is 2.74. The van der Waals surface area contributed by atoms with Gasteiger partial charge in [-0.25, -0.2) is 4.98 Å². The number of nitrogens with two attached hydrogens (primary N) is 1. The molecule has 2 N–H and O–H groups in total. The van der Waals surface area contributed by atoms with Gasteiger partial charge in [-0.1, -0.05) is 31.0 Å². The van der Waals surface area contributed by atoms with Crippen molar-refractivity contribution >= 4 is 0 Å². The summed E-state index contributed by atoms with van der Waals surface area (Å²) < 4.78 is 5.40. The molecule has 88 valence electrons. The summed E-state index contributed by atoms with van der Waals surface area (Å²) in [6.45, 7) is 0. The Balaban J connectivity index is 2.11. The summed E-state index contributed by atoms with van der Waals surface area (Å²) in [6.07, 6.45) is 7.77. The molecular formula is C14H16N2O. The molecule has 0 spiro atoms. The van der Waals surface area contributed by atoms with Gasteiger partial charge in [0.2, 0.25) is 5.89 Å². The minimum atomic E-state index is -0.203. The van der Waals surface area contributed by atoms with Gasteiger partial charge in [0.15, 0.2) is 0 Å². The normalized spacial score (nSPS) is 18.4. The van der Waals surface area contributed by atoms with Crippen molar-refractivity contribution in [3.8, 4) is 11.5 Å². The summed E-state index contributed by atoms with van der Waals surface area (Å²) in [6, 6.07) is 8.18. The molecule has 1 aromatic heterocycles. The summed E-state index contributed by atoms with van der Waals surface area (Å²) in [5.41, 5.74) is 8.51. The second-order valence-electron chi connectivity index (χ2n) is 4.75. The summed E-state index contributed by atoms with van der Waals surface area (Å²) in [4.78, 5) is 4.23. The highest BCUT2D eigenvalue weighted by molar-refractivity contribution is 5.60. The molecule has 1 heterocycles. The molecule has 1 aromatic carbocycles. The number of hydrogen-bond acceptors (Lipinski definition) is 3. The van der Waals surface area contributed by atoms with E-state index in [-0.39, 0.29) is 5.54 Å². The molecule has 0 amide bonds. The van der Waals surface area contributed by atoms with Crippen molar-refractivity contribution in [2.75, 3.05) is 0 Å². The van der Waals surface area contributed by atoms with Gasteiger partial charge in [-0.3, -0.25) is 0 Å². The van der Waals surface area contributed by atoms with Gasteiger partial charge >= 0.3 is 0 Å². The van der Waals surface area contributed by atoms with Crippen LogP contribution in [-0.4, -0.2) is 4.98 Å². The zero-order valence-corrected chi connectivity index (χ0v) is 9.73. The lowest BCUT2D eigenvalue weighted by Crippen LogP contribution is -2.33. The molecule has 0 bridgehead atoms. The first-order valence-electron chi connectivity index (χ1n) is 6.08. The average Bonchev–Trinajstić information content (AvgIpc) is 3.00. The Labute approximate surface area is 101 Å². The Morgan fingerprint density at radius 1 is 1.18 bits per heavy atom. The molecule has 17 heavy (non-hydrogen) atoms. The van der Waals surface area contributed by atoms with Crippen molar-refractivity contribution in [2.24, 2.45) is 5.73 Å². The minimum absolute atomic E-state index is 0.203. The molecule has 0 atom stereocenters. The molecule has 0 saturated heterocycles. The maximum Gasteiger partial charge on any atom is 0.226 e. The third-order valence-electron chi connectivity index (χ3n) is 3.62. The number of hydrogen-bond donors (Lipinski definition) is 1. The SMILES string of the molecule is NC1(c2ccccc2-c2ncco2)CCCC1. The third-order valence-corrected chi connectivity index (χ3v) is 3.62. The van der Waals surface area contributed by atoms with Crippen molar-refractivity contribution in [3.05, 3.63) is 42.3 Å². The number of benzene rings is 1. The zero-order valence-electron chi connectivity index (χ0n) is 9.73. The zero-order chi connectivity index (χ0) is 11.7. The van der Waals surface area contributed by atoms with Gasteiger partial charge in [-0.15, -0.1) is 0 Å². The van der Waals surface area contributed by atoms with E-state index in [1.165, 1.54) is 18.4 Å². The van der Waals surface area contributed by atoms with Crippen LogP contribution in [0.25, 0.3) is 11.5 Å². The molecule has 1 aliphatic rings. The van der Waals surface area contributed by atoms with E-state index >= 15 is 0 Å². The number of oxazole rings is 1. The molecule has 1 saturated carbocycles. The Bertz CT molecular complexity index is 499. The summed E-state index contributed by atoms with van der Waals surface area (Å²) >= 11 is 0. The van der Waals surface area contributed by atoms with E-state index in [1.54, 1.807) is 12.5 Å². The fourth-order valence-corrected chi connectivity index (χ4v) is 2.74. The summed E-state index contributed by atoms with van der Waals surface area (Å²) in [5.74, 6) is 0.664. The predicted molar refractivity (Wildman–Crippen MR) is 66.3 cm³/mol. The molecule has 3 heteroatoms. The predicted octanol–water partition coefficient (Wildman–Crippen LogP) is 3.07. The maximum absolute atomic E-state index is 6.52. The molecule has 2 aromatic rings. The largest absolute Gasteiger partial charge is 0.445 e. The van der Waals surface area contributed by atoms with Gasteiger partial charge in [0.05, 0.1) is 6.20 Å². The van der Waals surface area contributed by atoms with Crippen LogP contribution in [0.3, 0.4) is 0 Å². The van der Waals surface area contributed by atoms with Crippen LogP contribution in [0, 0.1) is 0 Å². The van der Waals surface area contributed by atoms with Gasteiger partial charge in [0.25, 0.3) is 0 Å². The Hall–Kier alpha value is -1.61. The van der Waals surface area contributed by atoms with Gasteiger partial charge in [0.1, 0.15) is 6.26 Å². The monoisotopic (exact) mass is 228 g/mol. The van der Waals surface area contributed by atoms with E-state index < -0.39 is 0 Å². The Morgan fingerprint density at radius 3 is 2.65 bits per heavy atom. The van der Waals surface area contributed by atoms with Crippen molar-refractivity contribution in [1.82, 2.24) is 4.98 Å². The second kappa shape index (κ2) is 4.00. The van der Waals surface area contributed by atoms with Crippen LogP contribution >= 0.6 is 0 Å².